The molecule has 1 aromatic carbocycles. The number of carbonyl (C=O) groups excluding carboxylic acids is 2. The minimum absolute atomic E-state index is 0.0485. The number of aryl methyl sites for hydroxylation is 1. The summed E-state index contributed by atoms with van der Waals surface area (Å²) >= 11 is 0. The van der Waals surface area contributed by atoms with Crippen molar-refractivity contribution in [1.82, 2.24) is 0 Å². The first kappa shape index (κ1) is 17.3. The fraction of sp³-hybridized carbons (Fsp3) is 0.524. The third-order valence-electron chi connectivity index (χ3n) is 5.59. The zero-order valence-corrected chi connectivity index (χ0v) is 15.5. The molecule has 1 aromatic rings. The van der Waals surface area contributed by atoms with Crippen molar-refractivity contribution in [2.24, 2.45) is 17.8 Å². The number of rotatable bonds is 5. The van der Waals surface area contributed by atoms with E-state index >= 15 is 0 Å². The van der Waals surface area contributed by atoms with E-state index in [0.717, 1.165) is 12.1 Å². The molecule has 3 heterocycles. The molecule has 4 atom stereocenters. The molecule has 2 bridgehead atoms. The molecule has 0 aliphatic carbocycles. The van der Waals surface area contributed by atoms with Crippen molar-refractivity contribution in [3.63, 3.8) is 0 Å². The smallest absolute Gasteiger partial charge is 0.312 e. The van der Waals surface area contributed by atoms with Gasteiger partial charge in [-0.2, -0.15) is 0 Å². The normalized spacial score (nSPS) is 31.8. The van der Waals surface area contributed by atoms with Crippen LogP contribution in [0.5, 0.6) is 0 Å². The highest BCUT2D eigenvalue weighted by Crippen LogP contribution is 2.52. The van der Waals surface area contributed by atoms with Gasteiger partial charge in [-0.3, -0.25) is 9.59 Å². The molecule has 5 heteroatoms. The van der Waals surface area contributed by atoms with Crippen LogP contribution < -0.4 is 4.90 Å². The highest BCUT2D eigenvalue weighted by molar-refractivity contribution is 6.02. The molecular formula is C21H25NO4. The second-order valence-corrected chi connectivity index (χ2v) is 7.87. The fourth-order valence-electron chi connectivity index (χ4n) is 4.24. The van der Waals surface area contributed by atoms with E-state index in [4.69, 9.17) is 9.47 Å². The van der Waals surface area contributed by atoms with Crippen molar-refractivity contribution in [3.8, 4) is 0 Å². The number of hydrogen-bond donors (Lipinski definition) is 0. The van der Waals surface area contributed by atoms with Crippen molar-refractivity contribution >= 4 is 17.6 Å². The summed E-state index contributed by atoms with van der Waals surface area (Å²) in [6.45, 7) is 6.90. The molecule has 4 rings (SSSR count). The Morgan fingerprint density at radius 3 is 2.73 bits per heavy atom. The van der Waals surface area contributed by atoms with Gasteiger partial charge in [0.1, 0.15) is 11.5 Å². The van der Waals surface area contributed by atoms with Gasteiger partial charge in [0.25, 0.3) is 0 Å². The van der Waals surface area contributed by atoms with Gasteiger partial charge in [-0.25, -0.2) is 0 Å². The average molecular weight is 355 g/mol. The van der Waals surface area contributed by atoms with Crippen molar-refractivity contribution in [2.45, 2.75) is 38.9 Å². The lowest BCUT2D eigenvalue weighted by Gasteiger charge is -2.23. The average Bonchev–Trinajstić information content (AvgIpc) is 3.28. The Morgan fingerprint density at radius 2 is 2.08 bits per heavy atom. The molecule has 26 heavy (non-hydrogen) atoms. The number of nitrogens with zero attached hydrogens (tertiary/aromatic N) is 1. The molecule has 1 amide bonds. The first-order valence-electron chi connectivity index (χ1n) is 9.39. The second-order valence-electron chi connectivity index (χ2n) is 7.87. The summed E-state index contributed by atoms with van der Waals surface area (Å²) in [5.41, 5.74) is 1.38. The predicted octanol–water partition coefficient (Wildman–Crippen LogP) is 2.73. The molecule has 0 N–H and O–H groups in total. The summed E-state index contributed by atoms with van der Waals surface area (Å²) < 4.78 is 11.6. The highest BCUT2D eigenvalue weighted by Gasteiger charge is 2.67. The zero-order chi connectivity index (χ0) is 18.5. The van der Waals surface area contributed by atoms with Crippen molar-refractivity contribution in [2.75, 3.05) is 18.1 Å². The first-order valence-corrected chi connectivity index (χ1v) is 9.39. The molecule has 0 radical (unpaired) electrons. The minimum Gasteiger partial charge on any atom is -0.465 e. The monoisotopic (exact) mass is 355 g/mol. The molecule has 138 valence electrons. The number of fused-ring (bicyclic) bond motifs is 1. The highest BCUT2D eigenvalue weighted by atomic mass is 16.6. The molecule has 5 nitrogen and oxygen atoms in total. The Kier molecular flexibility index (Phi) is 4.14. The van der Waals surface area contributed by atoms with Crippen molar-refractivity contribution in [3.05, 3.63) is 42.0 Å². The standard InChI is InChI=1S/C21H25NO4/c1-4-14-5-7-15(8-6-14)22-12-21-10-9-16(26-21)17(18(21)19(22)23)20(24)25-11-13(2)3/h5-10,13,16-18H,4,11-12H2,1-3H3/t16-,17-,18+,21+/m0/s1. The molecule has 3 aliphatic heterocycles. The molecule has 0 aromatic heterocycles. The summed E-state index contributed by atoms with van der Waals surface area (Å²) in [6.07, 6.45) is 4.48. The maximum absolute atomic E-state index is 13.2. The van der Waals surface area contributed by atoms with Gasteiger partial charge in [-0.05, 0) is 30.0 Å². The number of amides is 1. The SMILES string of the molecule is CCc1ccc(N2C[C@@]34C=C[C@H](O3)[C@H](C(=O)OCC(C)C)[C@@H]4C2=O)cc1. The molecule has 2 saturated heterocycles. The third-order valence-corrected chi connectivity index (χ3v) is 5.59. The number of esters is 1. The Morgan fingerprint density at radius 1 is 1.35 bits per heavy atom. The van der Waals surface area contributed by atoms with E-state index in [1.54, 1.807) is 4.90 Å². The maximum Gasteiger partial charge on any atom is 0.312 e. The van der Waals surface area contributed by atoms with Gasteiger partial charge in [0, 0.05) is 5.69 Å². The van der Waals surface area contributed by atoms with Gasteiger partial charge in [-0.1, -0.05) is 45.1 Å². The Hall–Kier alpha value is -2.14. The molecule has 0 saturated carbocycles. The van der Waals surface area contributed by atoms with Crippen LogP contribution in [0.4, 0.5) is 5.69 Å². The lowest BCUT2D eigenvalue weighted by Crippen LogP contribution is -2.40. The van der Waals surface area contributed by atoms with E-state index in [-0.39, 0.29) is 23.9 Å². The molecule has 2 fully saturated rings. The van der Waals surface area contributed by atoms with Crippen LogP contribution in [0, 0.1) is 17.8 Å². The van der Waals surface area contributed by atoms with E-state index in [1.165, 1.54) is 5.56 Å². The van der Waals surface area contributed by atoms with Crippen molar-refractivity contribution < 1.29 is 19.1 Å². The van der Waals surface area contributed by atoms with Crippen LogP contribution in [0.15, 0.2) is 36.4 Å². The van der Waals surface area contributed by atoms with E-state index < -0.39 is 17.4 Å². The van der Waals surface area contributed by atoms with Gasteiger partial charge < -0.3 is 14.4 Å². The summed E-state index contributed by atoms with van der Waals surface area (Å²) in [4.78, 5) is 27.6. The third kappa shape index (κ3) is 2.57. The zero-order valence-electron chi connectivity index (χ0n) is 15.5. The number of hydrogen-bond acceptors (Lipinski definition) is 4. The minimum atomic E-state index is -0.702. The Balaban J connectivity index is 1.59. The summed E-state index contributed by atoms with van der Waals surface area (Å²) in [5, 5.41) is 0. The summed E-state index contributed by atoms with van der Waals surface area (Å²) in [5.74, 6) is -1.16. The van der Waals surface area contributed by atoms with E-state index in [9.17, 15) is 9.59 Å². The van der Waals surface area contributed by atoms with Crippen LogP contribution >= 0.6 is 0 Å². The van der Waals surface area contributed by atoms with E-state index in [2.05, 4.69) is 6.92 Å². The quantitative estimate of drug-likeness (QED) is 0.602. The molecule has 1 spiro atoms. The fourth-order valence-corrected chi connectivity index (χ4v) is 4.24. The predicted molar refractivity (Wildman–Crippen MR) is 97.7 cm³/mol. The number of benzene rings is 1. The number of anilines is 1. The molecule has 3 aliphatic rings. The molecular weight excluding hydrogens is 330 g/mol. The largest absolute Gasteiger partial charge is 0.465 e. The number of carbonyl (C=O) groups is 2. The van der Waals surface area contributed by atoms with Gasteiger partial charge in [0.2, 0.25) is 5.91 Å². The van der Waals surface area contributed by atoms with E-state index in [1.807, 2.05) is 50.3 Å². The molecule has 0 unspecified atom stereocenters. The lowest BCUT2D eigenvalue weighted by molar-refractivity contribution is -0.153. The second kappa shape index (κ2) is 6.23. The van der Waals surface area contributed by atoms with Crippen LogP contribution in [0.1, 0.15) is 26.3 Å². The van der Waals surface area contributed by atoms with Gasteiger partial charge in [0.15, 0.2) is 0 Å². The van der Waals surface area contributed by atoms with Crippen molar-refractivity contribution in [1.29, 1.82) is 0 Å². The topological polar surface area (TPSA) is 55.8 Å². The maximum atomic E-state index is 13.2. The summed E-state index contributed by atoms with van der Waals surface area (Å²) in [7, 11) is 0. The van der Waals surface area contributed by atoms with E-state index in [0.29, 0.717) is 13.2 Å². The van der Waals surface area contributed by atoms with Gasteiger partial charge >= 0.3 is 5.97 Å². The summed E-state index contributed by atoms with van der Waals surface area (Å²) in [6, 6.07) is 8.02. The Labute approximate surface area is 154 Å². The number of ether oxygens (including phenoxy) is 2. The Bertz CT molecular complexity index is 754. The van der Waals surface area contributed by atoms with Gasteiger partial charge in [-0.15, -0.1) is 0 Å². The van der Waals surface area contributed by atoms with Crippen LogP contribution in [0.2, 0.25) is 0 Å². The van der Waals surface area contributed by atoms with Crippen LogP contribution in [0.3, 0.4) is 0 Å². The van der Waals surface area contributed by atoms with Crippen LogP contribution in [-0.4, -0.2) is 36.7 Å². The lowest BCUT2D eigenvalue weighted by atomic mass is 9.77. The van der Waals surface area contributed by atoms with Crippen LogP contribution in [-0.2, 0) is 25.5 Å². The van der Waals surface area contributed by atoms with Crippen LogP contribution in [0.25, 0.3) is 0 Å². The van der Waals surface area contributed by atoms with Gasteiger partial charge in [0.05, 0.1) is 25.2 Å². The first-order chi connectivity index (χ1) is 12.4.